The van der Waals surface area contributed by atoms with Gasteiger partial charge in [-0.05, 0) is 18.2 Å². The lowest BCUT2D eigenvalue weighted by molar-refractivity contribution is -0.358. The zero-order valence-corrected chi connectivity index (χ0v) is 13.7. The average Bonchev–Trinajstić information content (AvgIpc) is 3.03. The molecule has 138 valence electrons. The van der Waals surface area contributed by atoms with Crippen LogP contribution >= 0.6 is 0 Å². The number of hydrogen-bond acceptors (Lipinski definition) is 4. The minimum Gasteiger partial charge on any atom is -0.487 e. The largest absolute Gasteiger partial charge is 0.487 e. The van der Waals surface area contributed by atoms with Crippen molar-refractivity contribution in [3.05, 3.63) is 47.5 Å². The highest BCUT2D eigenvalue weighted by molar-refractivity contribution is 5.93. The minimum atomic E-state index is -3.16. The molecule has 0 saturated carbocycles. The van der Waals surface area contributed by atoms with Crippen molar-refractivity contribution in [3.63, 3.8) is 0 Å². The van der Waals surface area contributed by atoms with Crippen LogP contribution in [-0.2, 0) is 17.9 Å². The van der Waals surface area contributed by atoms with Crippen molar-refractivity contribution < 1.29 is 27.4 Å². The van der Waals surface area contributed by atoms with Crippen LogP contribution in [0.2, 0.25) is 0 Å². The van der Waals surface area contributed by atoms with Crippen molar-refractivity contribution in [2.75, 3.05) is 19.7 Å². The summed E-state index contributed by atoms with van der Waals surface area (Å²) in [6, 6.07) is 7.29. The Kier molecular flexibility index (Phi) is 4.10. The lowest BCUT2D eigenvalue weighted by Crippen LogP contribution is -2.54. The second-order valence-electron chi connectivity index (χ2n) is 6.31. The van der Waals surface area contributed by atoms with Crippen LogP contribution in [0.5, 0.6) is 5.75 Å². The third kappa shape index (κ3) is 3.14. The smallest absolute Gasteiger partial charge is 0.362 e. The average molecular weight is 367 g/mol. The van der Waals surface area contributed by atoms with Crippen molar-refractivity contribution >= 4 is 5.91 Å². The molecular formula is C17H16F3N3O3. The number of hydrogen-bond donors (Lipinski definition) is 0. The maximum Gasteiger partial charge on any atom is 0.362 e. The highest BCUT2D eigenvalue weighted by Gasteiger charge is 2.51. The molecule has 6 nitrogen and oxygen atoms in total. The summed E-state index contributed by atoms with van der Waals surface area (Å²) in [6.45, 7) is 0.699. The Morgan fingerprint density at radius 2 is 2.15 bits per heavy atom. The molecule has 4 rings (SSSR count). The fourth-order valence-electron chi connectivity index (χ4n) is 3.00. The molecule has 0 radical (unpaired) electrons. The summed E-state index contributed by atoms with van der Waals surface area (Å²) in [5.41, 5.74) is 0.842. The Balaban J connectivity index is 1.42. The molecule has 1 aromatic carbocycles. The minimum absolute atomic E-state index is 0.0495. The first-order valence-corrected chi connectivity index (χ1v) is 8.18. The van der Waals surface area contributed by atoms with Crippen molar-refractivity contribution in [3.8, 4) is 5.75 Å². The molecule has 2 aliphatic rings. The number of benzene rings is 1. The first-order chi connectivity index (χ1) is 12.4. The molecule has 0 spiro atoms. The summed E-state index contributed by atoms with van der Waals surface area (Å²) < 4.78 is 50.9. The summed E-state index contributed by atoms with van der Waals surface area (Å²) in [5.74, 6) is -1.37. The Labute approximate surface area is 147 Å². The van der Waals surface area contributed by atoms with Gasteiger partial charge in [-0.3, -0.25) is 9.48 Å². The molecule has 1 amide bonds. The number of carbonyl (C=O) groups excluding carboxylic acids is 1. The molecule has 0 unspecified atom stereocenters. The molecule has 3 heterocycles. The van der Waals surface area contributed by atoms with Gasteiger partial charge < -0.3 is 14.4 Å². The van der Waals surface area contributed by atoms with E-state index in [0.29, 0.717) is 30.2 Å². The number of nitrogens with zero attached hydrogens (tertiary/aromatic N) is 3. The molecule has 1 fully saturated rings. The van der Waals surface area contributed by atoms with Gasteiger partial charge in [0.2, 0.25) is 0 Å². The van der Waals surface area contributed by atoms with Gasteiger partial charge >= 0.3 is 6.11 Å². The number of amides is 1. The molecular weight excluding hydrogens is 351 g/mol. The molecule has 2 aromatic rings. The zero-order chi connectivity index (χ0) is 18.3. The van der Waals surface area contributed by atoms with Crippen LogP contribution < -0.4 is 4.74 Å². The van der Waals surface area contributed by atoms with Gasteiger partial charge in [-0.1, -0.05) is 6.07 Å². The number of ether oxygens (including phenoxy) is 2. The number of aromatic nitrogens is 2. The van der Waals surface area contributed by atoms with Gasteiger partial charge in [0.25, 0.3) is 5.91 Å². The number of alkyl halides is 2. The van der Waals surface area contributed by atoms with E-state index in [1.807, 2.05) is 0 Å². The van der Waals surface area contributed by atoms with E-state index in [-0.39, 0.29) is 25.7 Å². The second kappa shape index (κ2) is 6.31. The summed E-state index contributed by atoms with van der Waals surface area (Å²) in [7, 11) is 0. The number of halogens is 3. The van der Waals surface area contributed by atoms with E-state index in [1.54, 1.807) is 16.8 Å². The van der Waals surface area contributed by atoms with Crippen LogP contribution in [-0.4, -0.2) is 46.4 Å². The first kappa shape index (κ1) is 16.9. The predicted molar refractivity (Wildman–Crippen MR) is 83.3 cm³/mol. The van der Waals surface area contributed by atoms with Crippen LogP contribution in [0.15, 0.2) is 30.3 Å². The van der Waals surface area contributed by atoms with E-state index < -0.39 is 17.8 Å². The van der Waals surface area contributed by atoms with Crippen LogP contribution in [0.25, 0.3) is 0 Å². The molecule has 1 saturated heterocycles. The molecule has 26 heavy (non-hydrogen) atoms. The van der Waals surface area contributed by atoms with Crippen LogP contribution in [0.4, 0.5) is 13.2 Å². The number of carbonyl (C=O) groups is 1. The van der Waals surface area contributed by atoms with E-state index in [9.17, 15) is 18.0 Å². The second-order valence-corrected chi connectivity index (χ2v) is 6.31. The third-order valence-electron chi connectivity index (χ3n) is 4.49. The van der Waals surface area contributed by atoms with Crippen molar-refractivity contribution in [1.82, 2.24) is 14.7 Å². The fraction of sp³-hybridized carbons (Fsp3) is 0.412. The molecule has 1 aromatic heterocycles. The summed E-state index contributed by atoms with van der Waals surface area (Å²) in [6.07, 6.45) is -3.16. The lowest BCUT2D eigenvalue weighted by Gasteiger charge is -2.39. The van der Waals surface area contributed by atoms with Crippen molar-refractivity contribution in [2.24, 2.45) is 5.92 Å². The van der Waals surface area contributed by atoms with Gasteiger partial charge in [0.05, 0.1) is 19.1 Å². The summed E-state index contributed by atoms with van der Waals surface area (Å²) in [4.78, 5) is 13.9. The van der Waals surface area contributed by atoms with Crippen molar-refractivity contribution in [1.29, 1.82) is 0 Å². The van der Waals surface area contributed by atoms with Gasteiger partial charge in [0.15, 0.2) is 0 Å². The summed E-state index contributed by atoms with van der Waals surface area (Å²) >= 11 is 0. The highest BCUT2D eigenvalue weighted by atomic mass is 19.3. The van der Waals surface area contributed by atoms with E-state index in [4.69, 9.17) is 4.74 Å². The molecule has 1 atom stereocenters. The molecule has 2 aliphatic heterocycles. The lowest BCUT2D eigenvalue weighted by atomic mass is 10.0. The van der Waals surface area contributed by atoms with Gasteiger partial charge in [-0.15, -0.1) is 0 Å². The predicted octanol–water partition coefficient (Wildman–Crippen LogP) is 2.30. The number of fused-ring (bicyclic) bond motifs is 1. The van der Waals surface area contributed by atoms with Crippen molar-refractivity contribution in [2.45, 2.75) is 19.3 Å². The van der Waals surface area contributed by atoms with E-state index >= 15 is 0 Å². The van der Waals surface area contributed by atoms with Gasteiger partial charge in [-0.25, -0.2) is 4.39 Å². The van der Waals surface area contributed by atoms with Crippen LogP contribution in [0, 0.1) is 11.7 Å². The van der Waals surface area contributed by atoms with E-state index in [2.05, 4.69) is 9.84 Å². The van der Waals surface area contributed by atoms with Gasteiger partial charge in [0.1, 0.15) is 29.6 Å². The van der Waals surface area contributed by atoms with Crippen LogP contribution in [0.1, 0.15) is 16.2 Å². The fourth-order valence-corrected chi connectivity index (χ4v) is 3.00. The maximum absolute atomic E-state index is 13.3. The standard InChI is InChI=1S/C17H16F3N3O3/c18-12-2-1-3-14(6-12)25-10-13-7-15-16(24)22(4-5-23(15)21-13)8-11-9-26-17(11,19)20/h1-3,6-7,11H,4-5,8-10H2/t11-/m1/s1. The maximum atomic E-state index is 13.3. The Morgan fingerprint density at radius 3 is 2.85 bits per heavy atom. The Morgan fingerprint density at radius 1 is 1.31 bits per heavy atom. The Bertz CT molecular complexity index is 840. The molecule has 0 aliphatic carbocycles. The number of rotatable bonds is 5. The SMILES string of the molecule is O=C1c2cc(COc3cccc(F)c3)nn2CCN1C[C@@H]1COC1(F)F. The summed E-state index contributed by atoms with van der Waals surface area (Å²) in [5, 5.41) is 4.29. The molecule has 9 heteroatoms. The van der Waals surface area contributed by atoms with Gasteiger partial charge in [-0.2, -0.15) is 13.9 Å². The van der Waals surface area contributed by atoms with E-state index in [1.165, 1.54) is 23.1 Å². The molecule has 0 N–H and O–H groups in total. The highest BCUT2D eigenvalue weighted by Crippen LogP contribution is 2.36. The van der Waals surface area contributed by atoms with Gasteiger partial charge in [0, 0.05) is 19.2 Å². The quantitative estimate of drug-likeness (QED) is 0.814. The van der Waals surface area contributed by atoms with E-state index in [0.717, 1.165) is 0 Å². The topological polar surface area (TPSA) is 56.6 Å². The zero-order valence-electron chi connectivity index (χ0n) is 13.7. The first-order valence-electron chi connectivity index (χ1n) is 8.18. The van der Waals surface area contributed by atoms with Crippen LogP contribution in [0.3, 0.4) is 0 Å². The normalized spacial score (nSPS) is 21.3. The monoisotopic (exact) mass is 367 g/mol. The third-order valence-corrected chi connectivity index (χ3v) is 4.49. The Hall–Kier alpha value is -2.55. The molecule has 0 bridgehead atoms.